The molecule has 120 valence electrons. The fraction of sp³-hybridized carbons (Fsp3) is 0.733. The van der Waals surface area contributed by atoms with Gasteiger partial charge in [0.25, 0.3) is 5.56 Å². The Kier molecular flexibility index (Phi) is 6.05. The van der Waals surface area contributed by atoms with Crippen LogP contribution in [0.25, 0.3) is 0 Å². The van der Waals surface area contributed by atoms with Crippen molar-refractivity contribution in [1.82, 2.24) is 9.13 Å². The molecule has 6 nitrogen and oxygen atoms in total. The van der Waals surface area contributed by atoms with Crippen LogP contribution in [-0.4, -0.2) is 15.2 Å². The van der Waals surface area contributed by atoms with Crippen LogP contribution in [0.1, 0.15) is 47.0 Å². The topological polar surface area (TPSA) is 82.0 Å². The first-order valence-electron chi connectivity index (χ1n) is 7.69. The van der Waals surface area contributed by atoms with Crippen molar-refractivity contribution >= 4 is 11.5 Å². The van der Waals surface area contributed by atoms with Gasteiger partial charge in [-0.2, -0.15) is 0 Å². The number of nitrogen functional groups attached to an aromatic ring is 1. The van der Waals surface area contributed by atoms with Gasteiger partial charge in [0.05, 0.1) is 0 Å². The summed E-state index contributed by atoms with van der Waals surface area (Å²) >= 11 is 0. The lowest BCUT2D eigenvalue weighted by Crippen LogP contribution is -2.42. The monoisotopic (exact) mass is 296 g/mol. The molecular weight excluding hydrogens is 268 g/mol. The molecule has 3 N–H and O–H groups in total. The molecule has 0 spiro atoms. The summed E-state index contributed by atoms with van der Waals surface area (Å²) in [5.41, 5.74) is 5.72. The minimum atomic E-state index is -0.361. The zero-order valence-electron chi connectivity index (χ0n) is 13.8. The van der Waals surface area contributed by atoms with E-state index in [0.29, 0.717) is 12.2 Å². The van der Waals surface area contributed by atoms with Gasteiger partial charge in [-0.15, -0.1) is 0 Å². The van der Waals surface area contributed by atoms with Crippen LogP contribution in [0, 0.1) is 5.92 Å². The zero-order chi connectivity index (χ0) is 16.2. The number of nitrogens with zero attached hydrogens (tertiary/aromatic N) is 2. The van der Waals surface area contributed by atoms with Crippen LogP contribution >= 0.6 is 0 Å². The third kappa shape index (κ3) is 3.89. The van der Waals surface area contributed by atoms with Gasteiger partial charge in [-0.3, -0.25) is 13.9 Å². The van der Waals surface area contributed by atoms with Crippen molar-refractivity contribution in [1.29, 1.82) is 0 Å². The van der Waals surface area contributed by atoms with E-state index in [1.54, 1.807) is 0 Å². The van der Waals surface area contributed by atoms with E-state index in [2.05, 4.69) is 19.2 Å². The van der Waals surface area contributed by atoms with Gasteiger partial charge in [0.1, 0.15) is 11.5 Å². The van der Waals surface area contributed by atoms with Crippen LogP contribution in [0.4, 0.5) is 11.5 Å². The van der Waals surface area contributed by atoms with E-state index in [-0.39, 0.29) is 29.0 Å². The number of nitrogens with one attached hydrogen (secondary N) is 1. The van der Waals surface area contributed by atoms with Crippen molar-refractivity contribution < 1.29 is 0 Å². The predicted octanol–water partition coefficient (Wildman–Crippen LogP) is 1.78. The fourth-order valence-electron chi connectivity index (χ4n) is 2.39. The Bertz CT molecular complexity index is 587. The normalized spacial score (nSPS) is 12.7. The molecule has 1 heterocycles. The fourth-order valence-corrected chi connectivity index (χ4v) is 2.39. The van der Waals surface area contributed by atoms with Gasteiger partial charge in [0.15, 0.2) is 0 Å². The average molecular weight is 296 g/mol. The summed E-state index contributed by atoms with van der Waals surface area (Å²) in [5.74, 6) is 0.513. The van der Waals surface area contributed by atoms with Gasteiger partial charge >= 0.3 is 5.69 Å². The molecule has 1 rings (SSSR count). The summed E-state index contributed by atoms with van der Waals surface area (Å²) in [7, 11) is 1.49. The molecule has 1 atom stereocenters. The highest BCUT2D eigenvalue weighted by molar-refractivity contribution is 5.61. The second-order valence-electron chi connectivity index (χ2n) is 5.95. The van der Waals surface area contributed by atoms with E-state index < -0.39 is 0 Å². The van der Waals surface area contributed by atoms with Gasteiger partial charge in [-0.05, 0) is 18.8 Å². The first kappa shape index (κ1) is 17.3. The van der Waals surface area contributed by atoms with Gasteiger partial charge in [-0.25, -0.2) is 4.79 Å². The largest absolute Gasteiger partial charge is 0.383 e. The van der Waals surface area contributed by atoms with E-state index in [1.807, 2.05) is 13.8 Å². The standard InChI is InChI=1S/C15H28N4O2/c1-6-8-11(7-2)17-12-13(16)19(9-10(3)4)15(21)18(5)14(12)20/h10-11,17H,6-9,16H2,1-5H3. The summed E-state index contributed by atoms with van der Waals surface area (Å²) in [5, 5.41) is 3.23. The molecule has 1 aromatic heterocycles. The van der Waals surface area contributed by atoms with Crippen LogP contribution < -0.4 is 22.3 Å². The van der Waals surface area contributed by atoms with Gasteiger partial charge in [0, 0.05) is 19.6 Å². The highest BCUT2D eigenvalue weighted by atomic mass is 16.2. The van der Waals surface area contributed by atoms with Gasteiger partial charge in [0.2, 0.25) is 0 Å². The van der Waals surface area contributed by atoms with E-state index in [9.17, 15) is 9.59 Å². The molecule has 1 unspecified atom stereocenters. The quantitative estimate of drug-likeness (QED) is 0.803. The zero-order valence-corrected chi connectivity index (χ0v) is 13.8. The molecule has 1 aromatic rings. The second kappa shape index (κ2) is 7.33. The number of rotatable bonds is 7. The highest BCUT2D eigenvalue weighted by Crippen LogP contribution is 2.16. The molecule has 0 saturated heterocycles. The summed E-state index contributed by atoms with van der Waals surface area (Å²) in [6.45, 7) is 8.69. The molecule has 0 amide bonds. The lowest BCUT2D eigenvalue weighted by molar-refractivity contribution is 0.493. The predicted molar refractivity (Wildman–Crippen MR) is 87.8 cm³/mol. The Labute approximate surface area is 126 Å². The SMILES string of the molecule is CCCC(CC)Nc1c(N)n(CC(C)C)c(=O)n(C)c1=O. The third-order valence-electron chi connectivity index (χ3n) is 3.61. The van der Waals surface area contributed by atoms with Crippen LogP contribution in [0.5, 0.6) is 0 Å². The lowest BCUT2D eigenvalue weighted by Gasteiger charge is -2.21. The Hall–Kier alpha value is -1.72. The maximum Gasteiger partial charge on any atom is 0.332 e. The van der Waals surface area contributed by atoms with Crippen LogP contribution in [0.3, 0.4) is 0 Å². The first-order chi connectivity index (χ1) is 9.83. The van der Waals surface area contributed by atoms with Crippen LogP contribution in [0.15, 0.2) is 9.59 Å². The molecule has 0 aliphatic carbocycles. The number of hydrogen-bond donors (Lipinski definition) is 2. The minimum absolute atomic E-state index is 0.190. The van der Waals surface area contributed by atoms with Gasteiger partial charge in [-0.1, -0.05) is 34.1 Å². The highest BCUT2D eigenvalue weighted by Gasteiger charge is 2.18. The second-order valence-corrected chi connectivity index (χ2v) is 5.95. The van der Waals surface area contributed by atoms with Crippen molar-refractivity contribution in [2.45, 2.75) is 59.5 Å². The number of aromatic nitrogens is 2. The number of hydrogen-bond acceptors (Lipinski definition) is 4. The average Bonchev–Trinajstić information content (AvgIpc) is 2.44. The third-order valence-corrected chi connectivity index (χ3v) is 3.61. The minimum Gasteiger partial charge on any atom is -0.383 e. The summed E-state index contributed by atoms with van der Waals surface area (Å²) < 4.78 is 2.60. The lowest BCUT2D eigenvalue weighted by atomic mass is 10.1. The molecule has 0 aliphatic heterocycles. The Morgan fingerprint density at radius 2 is 1.86 bits per heavy atom. The molecule has 21 heavy (non-hydrogen) atoms. The van der Waals surface area contributed by atoms with Gasteiger partial charge < -0.3 is 11.1 Å². The summed E-state index contributed by atoms with van der Waals surface area (Å²) in [4.78, 5) is 24.5. The molecule has 0 bridgehead atoms. The van der Waals surface area contributed by atoms with Crippen molar-refractivity contribution in [3.63, 3.8) is 0 Å². The molecule has 0 fully saturated rings. The molecular formula is C15H28N4O2. The Morgan fingerprint density at radius 1 is 1.24 bits per heavy atom. The number of nitrogens with two attached hydrogens (primary N) is 1. The molecule has 0 radical (unpaired) electrons. The maximum atomic E-state index is 12.3. The van der Waals surface area contributed by atoms with Crippen LogP contribution in [0.2, 0.25) is 0 Å². The van der Waals surface area contributed by atoms with Crippen molar-refractivity contribution in [2.24, 2.45) is 13.0 Å². The van der Waals surface area contributed by atoms with E-state index in [0.717, 1.165) is 23.8 Å². The smallest absolute Gasteiger partial charge is 0.332 e. The summed E-state index contributed by atoms with van der Waals surface area (Å²) in [6, 6.07) is 0.190. The molecule has 0 aromatic carbocycles. The van der Waals surface area contributed by atoms with Crippen molar-refractivity contribution in [2.75, 3.05) is 11.1 Å². The van der Waals surface area contributed by atoms with Crippen molar-refractivity contribution in [3.8, 4) is 0 Å². The van der Waals surface area contributed by atoms with E-state index in [1.165, 1.54) is 11.6 Å². The maximum absolute atomic E-state index is 12.3. The Balaban J connectivity index is 3.35. The van der Waals surface area contributed by atoms with E-state index in [4.69, 9.17) is 5.73 Å². The Morgan fingerprint density at radius 3 is 2.33 bits per heavy atom. The molecule has 6 heteroatoms. The molecule has 0 aliphatic rings. The van der Waals surface area contributed by atoms with Crippen LogP contribution in [-0.2, 0) is 13.6 Å². The first-order valence-corrected chi connectivity index (χ1v) is 7.69. The summed E-state index contributed by atoms with van der Waals surface area (Å²) in [6.07, 6.45) is 2.89. The van der Waals surface area contributed by atoms with Crippen molar-refractivity contribution in [3.05, 3.63) is 20.8 Å². The number of anilines is 2. The molecule has 0 saturated carbocycles. The van der Waals surface area contributed by atoms with E-state index >= 15 is 0 Å².